The fraction of sp³-hybridized carbons (Fsp3) is 0.500. The molecule has 0 radical (unpaired) electrons. The first-order valence-electron chi connectivity index (χ1n) is 7.88. The Bertz CT molecular complexity index is 589. The number of hydrogen-bond donors (Lipinski definition) is 0. The summed E-state index contributed by atoms with van der Waals surface area (Å²) in [5.41, 5.74) is 0.182. The zero-order valence-electron chi connectivity index (χ0n) is 13.9. The normalized spacial score (nSPS) is 17.9. The largest absolute Gasteiger partial charge is 0.458 e. The number of carbonyl (C=O) groups is 3. The zero-order valence-corrected chi connectivity index (χ0v) is 13.9. The van der Waals surface area contributed by atoms with Crippen LogP contribution in [0.3, 0.4) is 0 Å². The van der Waals surface area contributed by atoms with Crippen molar-refractivity contribution in [1.29, 1.82) is 0 Å². The van der Waals surface area contributed by atoms with Gasteiger partial charge in [0.05, 0.1) is 0 Å². The average Bonchev–Trinajstić information content (AvgIpc) is 2.95. The van der Waals surface area contributed by atoms with Crippen molar-refractivity contribution in [2.24, 2.45) is 0 Å². The second-order valence-corrected chi connectivity index (χ2v) is 6.78. The van der Waals surface area contributed by atoms with E-state index in [-0.39, 0.29) is 6.42 Å². The summed E-state index contributed by atoms with van der Waals surface area (Å²) in [5, 5.41) is 0. The van der Waals surface area contributed by atoms with Gasteiger partial charge >= 0.3 is 5.97 Å². The number of ether oxygens (including phenoxy) is 1. The van der Waals surface area contributed by atoms with E-state index >= 15 is 0 Å². The van der Waals surface area contributed by atoms with E-state index in [1.165, 1.54) is 4.90 Å². The Morgan fingerprint density at radius 3 is 2.43 bits per heavy atom. The molecule has 0 aromatic heterocycles. The smallest absolute Gasteiger partial charge is 0.329 e. The lowest BCUT2D eigenvalue weighted by atomic mass is 10.1. The minimum Gasteiger partial charge on any atom is -0.458 e. The van der Waals surface area contributed by atoms with Crippen LogP contribution in [0, 0.1) is 0 Å². The molecule has 0 aliphatic carbocycles. The number of esters is 1. The molecule has 2 rings (SSSR count). The van der Waals surface area contributed by atoms with Gasteiger partial charge < -0.3 is 9.64 Å². The zero-order chi connectivity index (χ0) is 17.0. The molecule has 1 aromatic carbocycles. The van der Waals surface area contributed by atoms with Gasteiger partial charge in [-0.15, -0.1) is 0 Å². The van der Waals surface area contributed by atoms with Gasteiger partial charge in [0, 0.05) is 13.0 Å². The number of carbonyl (C=O) groups excluding carboxylic acids is 3. The highest BCUT2D eigenvalue weighted by atomic mass is 16.6. The van der Waals surface area contributed by atoms with Crippen LogP contribution in [0.4, 0.5) is 0 Å². The third-order valence-electron chi connectivity index (χ3n) is 3.64. The van der Waals surface area contributed by atoms with Crippen LogP contribution in [-0.2, 0) is 25.5 Å². The number of nitrogens with zero attached hydrogens (tertiary/aromatic N) is 1. The maximum absolute atomic E-state index is 12.4. The fourth-order valence-electron chi connectivity index (χ4n) is 2.64. The minimum atomic E-state index is -0.651. The van der Waals surface area contributed by atoms with Gasteiger partial charge in [0.15, 0.2) is 0 Å². The van der Waals surface area contributed by atoms with Crippen molar-refractivity contribution in [3.05, 3.63) is 35.9 Å². The number of hydrogen-bond acceptors (Lipinski definition) is 4. The van der Waals surface area contributed by atoms with Crippen LogP contribution < -0.4 is 0 Å². The highest BCUT2D eigenvalue weighted by molar-refractivity contribution is 6.36. The summed E-state index contributed by atoms with van der Waals surface area (Å²) < 4.78 is 5.36. The molecule has 23 heavy (non-hydrogen) atoms. The van der Waals surface area contributed by atoms with Crippen molar-refractivity contribution in [2.45, 2.75) is 51.7 Å². The minimum absolute atomic E-state index is 0.0528. The van der Waals surface area contributed by atoms with Crippen molar-refractivity contribution >= 4 is 17.7 Å². The van der Waals surface area contributed by atoms with E-state index in [4.69, 9.17) is 4.74 Å². The Morgan fingerprint density at radius 2 is 1.83 bits per heavy atom. The molecule has 0 unspecified atom stereocenters. The van der Waals surface area contributed by atoms with Gasteiger partial charge in [-0.2, -0.15) is 0 Å². The molecule has 1 aromatic rings. The SMILES string of the molecule is CC(C)(C)OC(=O)[C@@H]1CCCN1C(=O)C(=O)Cc1ccccc1. The van der Waals surface area contributed by atoms with E-state index in [2.05, 4.69) is 0 Å². The molecule has 1 saturated heterocycles. The van der Waals surface area contributed by atoms with E-state index in [1.54, 1.807) is 32.9 Å². The second kappa shape index (κ2) is 6.94. The van der Waals surface area contributed by atoms with Gasteiger partial charge in [0.1, 0.15) is 11.6 Å². The third-order valence-corrected chi connectivity index (χ3v) is 3.64. The van der Waals surface area contributed by atoms with Crippen LogP contribution in [0.25, 0.3) is 0 Å². The van der Waals surface area contributed by atoms with Crippen LogP contribution in [0.5, 0.6) is 0 Å². The summed E-state index contributed by atoms with van der Waals surface area (Å²) in [4.78, 5) is 38.2. The average molecular weight is 317 g/mol. The predicted octanol–water partition coefficient (Wildman–Crippen LogP) is 2.13. The molecule has 0 N–H and O–H groups in total. The summed E-state index contributed by atoms with van der Waals surface area (Å²) >= 11 is 0. The van der Waals surface area contributed by atoms with Gasteiger partial charge in [-0.25, -0.2) is 4.79 Å². The Kier molecular flexibility index (Phi) is 5.19. The van der Waals surface area contributed by atoms with E-state index in [1.807, 2.05) is 18.2 Å². The maximum Gasteiger partial charge on any atom is 0.329 e. The lowest BCUT2D eigenvalue weighted by Crippen LogP contribution is -2.46. The molecule has 0 spiro atoms. The van der Waals surface area contributed by atoms with Gasteiger partial charge in [-0.05, 0) is 39.2 Å². The molecule has 5 heteroatoms. The van der Waals surface area contributed by atoms with Crippen molar-refractivity contribution in [1.82, 2.24) is 4.90 Å². The molecule has 0 saturated carbocycles. The molecule has 1 aliphatic heterocycles. The standard InChI is InChI=1S/C18H23NO4/c1-18(2,3)23-17(22)14-10-7-11-19(14)16(21)15(20)12-13-8-5-4-6-9-13/h4-6,8-9,14H,7,10-12H2,1-3H3/t14-/m0/s1. The molecule has 1 aliphatic rings. The van der Waals surface area contributed by atoms with Crippen LogP contribution in [0.15, 0.2) is 30.3 Å². The van der Waals surface area contributed by atoms with Crippen LogP contribution in [0.1, 0.15) is 39.2 Å². The molecule has 1 fully saturated rings. The first-order valence-corrected chi connectivity index (χ1v) is 7.88. The highest BCUT2D eigenvalue weighted by Gasteiger charge is 2.38. The van der Waals surface area contributed by atoms with Crippen molar-refractivity contribution in [2.75, 3.05) is 6.54 Å². The van der Waals surface area contributed by atoms with E-state index in [0.717, 1.165) is 5.56 Å². The molecule has 1 amide bonds. The van der Waals surface area contributed by atoms with E-state index in [9.17, 15) is 14.4 Å². The van der Waals surface area contributed by atoms with Crippen LogP contribution in [0.2, 0.25) is 0 Å². The number of amides is 1. The summed E-state index contributed by atoms with van der Waals surface area (Å²) in [6.45, 7) is 5.77. The van der Waals surface area contributed by atoms with Gasteiger partial charge in [-0.3, -0.25) is 9.59 Å². The molecular formula is C18H23NO4. The lowest BCUT2D eigenvalue weighted by Gasteiger charge is -2.27. The molecule has 0 bridgehead atoms. The van der Waals surface area contributed by atoms with Gasteiger partial charge in [0.2, 0.25) is 5.78 Å². The van der Waals surface area contributed by atoms with E-state index < -0.39 is 29.3 Å². The molecule has 1 heterocycles. The molecular weight excluding hydrogens is 294 g/mol. The topological polar surface area (TPSA) is 63.7 Å². The molecule has 5 nitrogen and oxygen atoms in total. The van der Waals surface area contributed by atoms with Crippen LogP contribution in [-0.4, -0.2) is 40.7 Å². The Morgan fingerprint density at radius 1 is 1.17 bits per heavy atom. The molecule has 124 valence electrons. The number of ketones is 1. The number of rotatable bonds is 4. The second-order valence-electron chi connectivity index (χ2n) is 6.78. The van der Waals surface area contributed by atoms with Crippen molar-refractivity contribution in [3.63, 3.8) is 0 Å². The number of likely N-dealkylation sites (tertiary alicyclic amines) is 1. The monoisotopic (exact) mass is 317 g/mol. The Hall–Kier alpha value is -2.17. The maximum atomic E-state index is 12.4. The predicted molar refractivity (Wildman–Crippen MR) is 85.7 cm³/mol. The summed E-state index contributed by atoms with van der Waals surface area (Å²) in [5.74, 6) is -1.52. The van der Waals surface area contributed by atoms with Crippen molar-refractivity contribution < 1.29 is 19.1 Å². The van der Waals surface area contributed by atoms with Crippen molar-refractivity contribution in [3.8, 4) is 0 Å². The first kappa shape index (κ1) is 17.2. The Labute approximate surface area is 136 Å². The van der Waals surface area contributed by atoms with Crippen LogP contribution >= 0.6 is 0 Å². The first-order chi connectivity index (χ1) is 10.8. The lowest BCUT2D eigenvalue weighted by molar-refractivity contribution is -0.163. The fourth-order valence-corrected chi connectivity index (χ4v) is 2.64. The Balaban J connectivity index is 2.02. The summed E-state index contributed by atoms with van der Waals surface area (Å²) in [6.07, 6.45) is 1.30. The number of benzene rings is 1. The molecule has 1 atom stereocenters. The van der Waals surface area contributed by atoms with E-state index in [0.29, 0.717) is 19.4 Å². The highest BCUT2D eigenvalue weighted by Crippen LogP contribution is 2.21. The van der Waals surface area contributed by atoms with Gasteiger partial charge in [0.25, 0.3) is 5.91 Å². The van der Waals surface area contributed by atoms with Gasteiger partial charge in [-0.1, -0.05) is 30.3 Å². The quantitative estimate of drug-likeness (QED) is 0.630. The summed E-state index contributed by atoms with van der Waals surface area (Å²) in [6, 6.07) is 8.47. The third kappa shape index (κ3) is 4.65. The summed E-state index contributed by atoms with van der Waals surface area (Å²) in [7, 11) is 0. The number of Topliss-reactive ketones (excluding diaryl/α,β-unsaturated/α-hetero) is 1.